The quantitative estimate of drug-likeness (QED) is 0.300. The predicted octanol–water partition coefficient (Wildman–Crippen LogP) is 5.39. The number of rotatable bonds is 9. The number of halogens is 1. The molecular weight excluding hydrogens is 509 g/mol. The van der Waals surface area contributed by atoms with Crippen LogP contribution in [0.3, 0.4) is 0 Å². The van der Waals surface area contributed by atoms with Crippen LogP contribution in [-0.2, 0) is 33.8 Å². The molecule has 4 aromatic carbocycles. The van der Waals surface area contributed by atoms with Gasteiger partial charge in [0, 0.05) is 12.2 Å². The van der Waals surface area contributed by atoms with Gasteiger partial charge in [0.05, 0.1) is 13.0 Å². The van der Waals surface area contributed by atoms with Crippen molar-refractivity contribution < 1.29 is 23.5 Å². The van der Waals surface area contributed by atoms with Crippen LogP contribution in [0.15, 0.2) is 109 Å². The number of benzene rings is 4. The van der Waals surface area contributed by atoms with Crippen molar-refractivity contribution in [3.05, 3.63) is 137 Å². The number of nitrogens with zero attached hydrogens (tertiary/aromatic N) is 1. The van der Waals surface area contributed by atoms with Crippen LogP contribution in [0.2, 0.25) is 0 Å². The average molecular weight is 538 g/mol. The maximum absolute atomic E-state index is 13.5. The summed E-state index contributed by atoms with van der Waals surface area (Å²) < 4.78 is 19.0. The van der Waals surface area contributed by atoms with Gasteiger partial charge in [-0.3, -0.25) is 14.5 Å². The minimum Gasteiger partial charge on any atom is -0.438 e. The Hall–Kier alpha value is -4.98. The van der Waals surface area contributed by atoms with Crippen LogP contribution in [0.5, 0.6) is 0 Å². The van der Waals surface area contributed by atoms with E-state index >= 15 is 0 Å². The molecule has 1 fully saturated rings. The molecule has 3 amide bonds. The molecule has 1 heterocycles. The first-order chi connectivity index (χ1) is 19.5. The summed E-state index contributed by atoms with van der Waals surface area (Å²) in [4.78, 5) is 40.4. The second kappa shape index (κ2) is 12.3. The van der Waals surface area contributed by atoms with Gasteiger partial charge in [-0.1, -0.05) is 84.9 Å². The predicted molar refractivity (Wildman–Crippen MR) is 148 cm³/mol. The van der Waals surface area contributed by atoms with Gasteiger partial charge in [0.2, 0.25) is 11.8 Å². The van der Waals surface area contributed by atoms with Gasteiger partial charge in [0.25, 0.3) is 0 Å². The Morgan fingerprint density at radius 3 is 2.05 bits per heavy atom. The molecular formula is C32H28FN3O4. The Balaban J connectivity index is 1.32. The van der Waals surface area contributed by atoms with Gasteiger partial charge in [-0.25, -0.2) is 9.18 Å². The number of nitrogens with one attached hydrogen (secondary N) is 2. The second-order valence-electron chi connectivity index (χ2n) is 9.54. The van der Waals surface area contributed by atoms with Crippen molar-refractivity contribution in [3.63, 3.8) is 0 Å². The van der Waals surface area contributed by atoms with E-state index in [1.165, 1.54) is 17.0 Å². The van der Waals surface area contributed by atoms with Gasteiger partial charge in [0.15, 0.2) is 12.1 Å². The Bertz CT molecular complexity index is 1460. The van der Waals surface area contributed by atoms with Gasteiger partial charge in [-0.2, -0.15) is 0 Å². The molecule has 1 aliphatic rings. The topological polar surface area (TPSA) is 87.7 Å². The van der Waals surface area contributed by atoms with Crippen molar-refractivity contribution in [1.82, 2.24) is 10.2 Å². The number of carbonyl (C=O) groups excluding carboxylic acids is 3. The molecule has 2 atom stereocenters. The molecule has 0 spiro atoms. The molecule has 1 saturated heterocycles. The minimum absolute atomic E-state index is 0.154. The fraction of sp³-hybridized carbons (Fsp3) is 0.156. The molecule has 0 radical (unpaired) electrons. The number of hydrogen-bond acceptors (Lipinski definition) is 4. The summed E-state index contributed by atoms with van der Waals surface area (Å²) in [6.07, 6.45) is -1.22. The molecule has 2 N–H and O–H groups in total. The van der Waals surface area contributed by atoms with Crippen LogP contribution in [0.1, 0.15) is 28.4 Å². The second-order valence-corrected chi connectivity index (χ2v) is 9.54. The number of carbonyl (C=O) groups is 3. The maximum Gasteiger partial charge on any atom is 0.411 e. The molecule has 0 aromatic heterocycles. The third kappa shape index (κ3) is 6.53. The Morgan fingerprint density at radius 2 is 1.40 bits per heavy atom. The van der Waals surface area contributed by atoms with E-state index in [9.17, 15) is 18.8 Å². The lowest BCUT2D eigenvalue weighted by atomic mass is 10.00. The molecule has 40 heavy (non-hydrogen) atoms. The fourth-order valence-electron chi connectivity index (χ4n) is 4.63. The number of anilines is 1. The molecule has 0 saturated carbocycles. The van der Waals surface area contributed by atoms with Crippen molar-refractivity contribution in [2.24, 2.45) is 0 Å². The van der Waals surface area contributed by atoms with Crippen LogP contribution in [-0.4, -0.2) is 28.8 Å². The van der Waals surface area contributed by atoms with Crippen LogP contribution < -0.4 is 10.6 Å². The zero-order valence-corrected chi connectivity index (χ0v) is 21.6. The van der Waals surface area contributed by atoms with E-state index < -0.39 is 24.1 Å². The van der Waals surface area contributed by atoms with Gasteiger partial charge >= 0.3 is 6.09 Å². The molecule has 0 aliphatic carbocycles. The van der Waals surface area contributed by atoms with Crippen molar-refractivity contribution >= 4 is 23.6 Å². The van der Waals surface area contributed by atoms with Crippen molar-refractivity contribution in [1.29, 1.82) is 0 Å². The van der Waals surface area contributed by atoms with Crippen molar-refractivity contribution in [3.8, 4) is 0 Å². The summed E-state index contributed by atoms with van der Waals surface area (Å²) in [5.41, 5.74) is 3.69. The zero-order valence-electron chi connectivity index (χ0n) is 21.6. The van der Waals surface area contributed by atoms with Gasteiger partial charge in [0.1, 0.15) is 5.82 Å². The van der Waals surface area contributed by atoms with Crippen molar-refractivity contribution in [2.75, 3.05) is 5.32 Å². The SMILES string of the molecule is O=C(Cc1ccccc1)Nc1ccc([C@H]2OC(=O)N(Cc3ccccc3)[C@@H]2C(=O)NCc2ccc(F)cc2)cc1. The van der Waals surface area contributed by atoms with Crippen LogP contribution in [0.25, 0.3) is 0 Å². The zero-order chi connectivity index (χ0) is 27.9. The molecule has 5 rings (SSSR count). The minimum atomic E-state index is -0.938. The van der Waals surface area contributed by atoms with E-state index in [4.69, 9.17) is 4.74 Å². The largest absolute Gasteiger partial charge is 0.438 e. The fourth-order valence-corrected chi connectivity index (χ4v) is 4.63. The highest BCUT2D eigenvalue weighted by Gasteiger charge is 2.46. The summed E-state index contributed by atoms with van der Waals surface area (Å²) in [6, 6.07) is 30.6. The Kier molecular flexibility index (Phi) is 8.15. The molecule has 7 nitrogen and oxygen atoms in total. The van der Waals surface area contributed by atoms with E-state index in [0.717, 1.165) is 16.7 Å². The Labute approximate surface area is 231 Å². The van der Waals surface area contributed by atoms with Gasteiger partial charge < -0.3 is 15.4 Å². The van der Waals surface area contributed by atoms with Crippen LogP contribution in [0.4, 0.5) is 14.9 Å². The first-order valence-corrected chi connectivity index (χ1v) is 12.9. The van der Waals surface area contributed by atoms with E-state index in [2.05, 4.69) is 10.6 Å². The van der Waals surface area contributed by atoms with E-state index in [1.807, 2.05) is 60.7 Å². The number of amides is 3. The van der Waals surface area contributed by atoms with Crippen LogP contribution >= 0.6 is 0 Å². The summed E-state index contributed by atoms with van der Waals surface area (Å²) in [5, 5.41) is 5.74. The first kappa shape index (κ1) is 26.6. The van der Waals surface area contributed by atoms with Crippen LogP contribution in [0, 0.1) is 5.82 Å². The third-order valence-corrected chi connectivity index (χ3v) is 6.66. The number of hydrogen-bond donors (Lipinski definition) is 2. The number of ether oxygens (including phenoxy) is 1. The molecule has 0 bridgehead atoms. The average Bonchev–Trinajstić information content (AvgIpc) is 3.29. The highest BCUT2D eigenvalue weighted by atomic mass is 19.1. The first-order valence-electron chi connectivity index (χ1n) is 12.9. The summed E-state index contributed by atoms with van der Waals surface area (Å²) in [7, 11) is 0. The normalized spacial score (nSPS) is 16.3. The highest BCUT2D eigenvalue weighted by Crippen LogP contribution is 2.34. The van der Waals surface area contributed by atoms with Gasteiger partial charge in [-0.05, 0) is 46.5 Å². The molecule has 4 aromatic rings. The number of cyclic esters (lactones) is 1. The molecule has 0 unspecified atom stereocenters. The van der Waals surface area contributed by atoms with Gasteiger partial charge in [-0.15, -0.1) is 0 Å². The van der Waals surface area contributed by atoms with E-state index in [-0.39, 0.29) is 31.2 Å². The third-order valence-electron chi connectivity index (χ3n) is 6.66. The summed E-state index contributed by atoms with van der Waals surface area (Å²) in [6.45, 7) is 0.362. The lowest BCUT2D eigenvalue weighted by molar-refractivity contribution is -0.126. The molecule has 8 heteroatoms. The van der Waals surface area contributed by atoms with E-state index in [1.54, 1.807) is 36.4 Å². The lowest BCUT2D eigenvalue weighted by Gasteiger charge is -2.24. The highest BCUT2D eigenvalue weighted by molar-refractivity contribution is 5.92. The summed E-state index contributed by atoms with van der Waals surface area (Å²) >= 11 is 0. The molecule has 202 valence electrons. The molecule has 1 aliphatic heterocycles. The standard InChI is InChI=1S/C32H28FN3O4/c33-26-15-11-23(12-16-26)20-34-31(38)29-30(40-32(39)36(29)21-24-9-5-2-6-10-24)25-13-17-27(18-14-25)35-28(37)19-22-7-3-1-4-8-22/h1-18,29-30H,19-21H2,(H,34,38)(H,35,37)/t29-,30+/m0/s1. The van der Waals surface area contributed by atoms with E-state index in [0.29, 0.717) is 11.3 Å². The Morgan fingerprint density at radius 1 is 0.775 bits per heavy atom. The van der Waals surface area contributed by atoms with Crippen molar-refractivity contribution in [2.45, 2.75) is 31.7 Å². The monoisotopic (exact) mass is 537 g/mol. The smallest absolute Gasteiger partial charge is 0.411 e. The maximum atomic E-state index is 13.5. The lowest BCUT2D eigenvalue weighted by Crippen LogP contribution is -2.46. The summed E-state index contributed by atoms with van der Waals surface area (Å²) in [5.74, 6) is -0.909.